The van der Waals surface area contributed by atoms with Crippen molar-refractivity contribution in [3.05, 3.63) is 34.8 Å². The monoisotopic (exact) mass is 307 g/mol. The fourth-order valence-electron chi connectivity index (χ4n) is 2.11. The molecular formula is C16H22FN3S. The Hall–Kier alpha value is -1.33. The van der Waals surface area contributed by atoms with Crippen LogP contribution in [0, 0.1) is 11.7 Å². The lowest BCUT2D eigenvalue weighted by Crippen LogP contribution is -2.14. The molecule has 0 fully saturated rings. The summed E-state index contributed by atoms with van der Waals surface area (Å²) in [6, 6.07) is 1.69. The van der Waals surface area contributed by atoms with Gasteiger partial charge in [-0.1, -0.05) is 20.8 Å². The standard InChI is InChI=1S/C16H22FN3S/c1-4-6-18-10-15-14(8-11(2)3)20-16(21-15)12-5-7-19-9-13(12)17/h5,7,9,11,18H,4,6,8,10H2,1-3H3. The van der Waals surface area contributed by atoms with Gasteiger partial charge in [0.25, 0.3) is 0 Å². The van der Waals surface area contributed by atoms with Gasteiger partial charge >= 0.3 is 0 Å². The molecule has 0 bridgehead atoms. The minimum atomic E-state index is -0.310. The molecule has 2 aromatic rings. The SMILES string of the molecule is CCCNCc1sc(-c2ccncc2F)nc1CC(C)C. The molecule has 0 saturated heterocycles. The summed E-state index contributed by atoms with van der Waals surface area (Å²) in [5.41, 5.74) is 1.63. The highest BCUT2D eigenvalue weighted by molar-refractivity contribution is 7.15. The van der Waals surface area contributed by atoms with Gasteiger partial charge in [-0.15, -0.1) is 11.3 Å². The largest absolute Gasteiger partial charge is 0.312 e. The summed E-state index contributed by atoms with van der Waals surface area (Å²) in [7, 11) is 0. The fourth-order valence-corrected chi connectivity index (χ4v) is 3.20. The molecule has 0 aliphatic carbocycles. The summed E-state index contributed by atoms with van der Waals surface area (Å²) in [5.74, 6) is 0.225. The van der Waals surface area contributed by atoms with Crippen LogP contribution in [-0.2, 0) is 13.0 Å². The highest BCUT2D eigenvalue weighted by Gasteiger charge is 2.15. The Labute approximate surface area is 129 Å². The smallest absolute Gasteiger partial charge is 0.151 e. The van der Waals surface area contributed by atoms with Gasteiger partial charge in [-0.3, -0.25) is 4.98 Å². The molecule has 0 spiro atoms. The first-order chi connectivity index (χ1) is 10.1. The zero-order valence-electron chi connectivity index (χ0n) is 12.8. The van der Waals surface area contributed by atoms with Gasteiger partial charge in [0.1, 0.15) is 5.01 Å². The molecule has 2 rings (SSSR count). The van der Waals surface area contributed by atoms with E-state index in [-0.39, 0.29) is 5.82 Å². The van der Waals surface area contributed by atoms with E-state index in [1.165, 1.54) is 11.1 Å². The summed E-state index contributed by atoms with van der Waals surface area (Å²) >= 11 is 1.58. The van der Waals surface area contributed by atoms with Gasteiger partial charge in [0.05, 0.1) is 11.9 Å². The van der Waals surface area contributed by atoms with E-state index >= 15 is 0 Å². The zero-order chi connectivity index (χ0) is 15.2. The van der Waals surface area contributed by atoms with Crippen molar-refractivity contribution in [1.82, 2.24) is 15.3 Å². The summed E-state index contributed by atoms with van der Waals surface area (Å²) in [6.45, 7) is 8.29. The minimum absolute atomic E-state index is 0.310. The molecule has 0 atom stereocenters. The third-order valence-corrected chi connectivity index (χ3v) is 4.23. The van der Waals surface area contributed by atoms with Gasteiger partial charge in [0.15, 0.2) is 5.82 Å². The predicted molar refractivity (Wildman–Crippen MR) is 85.8 cm³/mol. The molecule has 0 aromatic carbocycles. The number of thiazole rings is 1. The highest BCUT2D eigenvalue weighted by atomic mass is 32.1. The van der Waals surface area contributed by atoms with Gasteiger partial charge in [0.2, 0.25) is 0 Å². The first-order valence-electron chi connectivity index (χ1n) is 7.41. The number of halogens is 1. The van der Waals surface area contributed by atoms with Crippen molar-refractivity contribution in [3.8, 4) is 10.6 Å². The van der Waals surface area contributed by atoms with Crippen LogP contribution in [0.15, 0.2) is 18.5 Å². The van der Waals surface area contributed by atoms with Gasteiger partial charge in [-0.2, -0.15) is 0 Å². The lowest BCUT2D eigenvalue weighted by molar-refractivity contribution is 0.620. The molecule has 0 unspecified atom stereocenters. The Bertz CT molecular complexity index is 581. The maximum absolute atomic E-state index is 13.9. The number of nitrogens with zero attached hydrogens (tertiary/aromatic N) is 2. The summed E-state index contributed by atoms with van der Waals surface area (Å²) in [5, 5.41) is 4.16. The number of hydrogen-bond donors (Lipinski definition) is 1. The van der Waals surface area contributed by atoms with E-state index in [4.69, 9.17) is 0 Å². The van der Waals surface area contributed by atoms with Crippen LogP contribution < -0.4 is 5.32 Å². The van der Waals surface area contributed by atoms with Gasteiger partial charge in [-0.05, 0) is 31.4 Å². The van der Waals surface area contributed by atoms with Crippen LogP contribution in [-0.4, -0.2) is 16.5 Å². The number of hydrogen-bond acceptors (Lipinski definition) is 4. The van der Waals surface area contributed by atoms with E-state index in [2.05, 4.69) is 36.1 Å². The second kappa shape index (κ2) is 7.61. The zero-order valence-corrected chi connectivity index (χ0v) is 13.6. The van der Waals surface area contributed by atoms with Crippen LogP contribution in [0.3, 0.4) is 0 Å². The van der Waals surface area contributed by atoms with E-state index in [0.29, 0.717) is 11.5 Å². The second-order valence-electron chi connectivity index (χ2n) is 5.52. The number of rotatable bonds is 7. The Balaban J connectivity index is 2.28. The molecule has 5 heteroatoms. The molecule has 21 heavy (non-hydrogen) atoms. The van der Waals surface area contributed by atoms with Crippen LogP contribution in [0.25, 0.3) is 10.6 Å². The predicted octanol–water partition coefficient (Wildman–Crippen LogP) is 4.04. The Kier molecular flexibility index (Phi) is 5.82. The van der Waals surface area contributed by atoms with Crippen molar-refractivity contribution in [1.29, 1.82) is 0 Å². The van der Waals surface area contributed by atoms with Crippen LogP contribution in [0.1, 0.15) is 37.8 Å². The van der Waals surface area contributed by atoms with Gasteiger partial charge in [0, 0.05) is 23.2 Å². The molecule has 0 saturated carbocycles. The topological polar surface area (TPSA) is 37.8 Å². The second-order valence-corrected chi connectivity index (χ2v) is 6.60. The molecule has 2 aromatic heterocycles. The third-order valence-electron chi connectivity index (χ3n) is 3.10. The molecule has 114 valence electrons. The highest BCUT2D eigenvalue weighted by Crippen LogP contribution is 2.30. The average molecular weight is 307 g/mol. The lowest BCUT2D eigenvalue weighted by atomic mass is 10.1. The van der Waals surface area contributed by atoms with Crippen molar-refractivity contribution >= 4 is 11.3 Å². The number of pyridine rings is 1. The molecule has 3 nitrogen and oxygen atoms in total. The third kappa shape index (κ3) is 4.32. The number of aromatic nitrogens is 2. The quantitative estimate of drug-likeness (QED) is 0.784. The van der Waals surface area contributed by atoms with Crippen molar-refractivity contribution in [2.45, 2.75) is 40.2 Å². The molecule has 0 radical (unpaired) electrons. The average Bonchev–Trinajstić information content (AvgIpc) is 2.82. The Morgan fingerprint density at radius 3 is 2.86 bits per heavy atom. The molecule has 2 heterocycles. The molecule has 0 aliphatic heterocycles. The maximum atomic E-state index is 13.9. The molecular weight excluding hydrogens is 285 g/mol. The van der Waals surface area contributed by atoms with Crippen LogP contribution >= 0.6 is 11.3 Å². The Morgan fingerprint density at radius 1 is 1.38 bits per heavy atom. The minimum Gasteiger partial charge on any atom is -0.312 e. The van der Waals surface area contributed by atoms with Crippen molar-refractivity contribution < 1.29 is 4.39 Å². The summed E-state index contributed by atoms with van der Waals surface area (Å²) in [4.78, 5) is 9.68. The first kappa shape index (κ1) is 16.0. The fraction of sp³-hybridized carbons (Fsp3) is 0.500. The van der Waals surface area contributed by atoms with Crippen molar-refractivity contribution in [3.63, 3.8) is 0 Å². The summed E-state index contributed by atoms with van der Waals surface area (Å²) < 4.78 is 13.9. The maximum Gasteiger partial charge on any atom is 0.151 e. The van der Waals surface area contributed by atoms with Crippen LogP contribution in [0.4, 0.5) is 4.39 Å². The number of nitrogens with one attached hydrogen (secondary N) is 1. The van der Waals surface area contributed by atoms with E-state index in [1.54, 1.807) is 23.6 Å². The van der Waals surface area contributed by atoms with Crippen LogP contribution in [0.2, 0.25) is 0 Å². The first-order valence-corrected chi connectivity index (χ1v) is 8.22. The van der Waals surface area contributed by atoms with E-state index in [0.717, 1.165) is 36.6 Å². The van der Waals surface area contributed by atoms with Gasteiger partial charge in [-0.25, -0.2) is 9.37 Å². The van der Waals surface area contributed by atoms with Crippen molar-refractivity contribution in [2.24, 2.45) is 5.92 Å². The van der Waals surface area contributed by atoms with E-state index in [1.807, 2.05) is 0 Å². The molecule has 1 N–H and O–H groups in total. The van der Waals surface area contributed by atoms with Gasteiger partial charge < -0.3 is 5.32 Å². The van der Waals surface area contributed by atoms with E-state index < -0.39 is 0 Å². The summed E-state index contributed by atoms with van der Waals surface area (Å²) in [6.07, 6.45) is 4.88. The molecule has 0 aliphatic rings. The Morgan fingerprint density at radius 2 is 2.19 bits per heavy atom. The molecule has 0 amide bonds. The van der Waals surface area contributed by atoms with Crippen LogP contribution in [0.5, 0.6) is 0 Å². The van der Waals surface area contributed by atoms with Crippen molar-refractivity contribution in [2.75, 3.05) is 6.54 Å². The normalized spacial score (nSPS) is 11.3. The van der Waals surface area contributed by atoms with E-state index in [9.17, 15) is 4.39 Å². The lowest BCUT2D eigenvalue weighted by Gasteiger charge is -2.05.